The minimum absolute atomic E-state index is 0.456. The summed E-state index contributed by atoms with van der Waals surface area (Å²) in [5.41, 5.74) is 1.19. The van der Waals surface area contributed by atoms with Gasteiger partial charge in [-0.3, -0.25) is 0 Å². The number of fused-ring (bicyclic) bond motifs is 1. The molecule has 1 aromatic carbocycles. The molecule has 1 aromatic heterocycles. The van der Waals surface area contributed by atoms with Crippen molar-refractivity contribution in [1.29, 1.82) is 0 Å². The first-order valence-corrected chi connectivity index (χ1v) is 6.88. The molecule has 0 radical (unpaired) electrons. The summed E-state index contributed by atoms with van der Waals surface area (Å²) in [6.07, 6.45) is 2.06. The second-order valence-electron chi connectivity index (χ2n) is 4.59. The van der Waals surface area contributed by atoms with Crippen LogP contribution in [0.3, 0.4) is 0 Å². The molecule has 4 nitrogen and oxygen atoms in total. The Hall–Kier alpha value is -1.20. The van der Waals surface area contributed by atoms with E-state index < -0.39 is 6.10 Å². The molecule has 94 valence electrons. The van der Waals surface area contributed by atoms with Gasteiger partial charge in [-0.25, -0.2) is 0 Å². The highest BCUT2D eigenvalue weighted by atomic mass is 79.9. The Bertz CT molecular complexity index is 567. The van der Waals surface area contributed by atoms with Crippen molar-refractivity contribution in [3.05, 3.63) is 46.0 Å². The van der Waals surface area contributed by atoms with Crippen LogP contribution < -0.4 is 0 Å². The lowest BCUT2D eigenvalue weighted by atomic mass is 10.1. The van der Waals surface area contributed by atoms with Gasteiger partial charge in [0.25, 0.3) is 0 Å². The van der Waals surface area contributed by atoms with E-state index in [-0.39, 0.29) is 0 Å². The summed E-state index contributed by atoms with van der Waals surface area (Å²) in [6, 6.07) is 8.18. The zero-order chi connectivity index (χ0) is 12.5. The molecule has 2 heterocycles. The Morgan fingerprint density at radius 3 is 3.11 bits per heavy atom. The minimum Gasteiger partial charge on any atom is -0.385 e. The van der Waals surface area contributed by atoms with E-state index >= 15 is 0 Å². The molecule has 0 aliphatic carbocycles. The first kappa shape index (κ1) is 11.9. The van der Waals surface area contributed by atoms with Crippen LogP contribution in [0.25, 0.3) is 0 Å². The van der Waals surface area contributed by atoms with Crippen LogP contribution >= 0.6 is 15.9 Å². The standard InChI is InChI=1S/C13H14BrN3O/c14-10-4-1-3-9(7-10)8-12-15-16-13-11(18)5-2-6-17(12)13/h1,3-4,7,11,18H,2,5-6,8H2. The summed E-state index contributed by atoms with van der Waals surface area (Å²) in [4.78, 5) is 0. The SMILES string of the molecule is OC1CCCn2c(Cc3cccc(Br)c3)nnc21. The van der Waals surface area contributed by atoms with E-state index in [4.69, 9.17) is 0 Å². The van der Waals surface area contributed by atoms with E-state index in [0.29, 0.717) is 5.82 Å². The molecule has 0 fully saturated rings. The number of benzene rings is 1. The van der Waals surface area contributed by atoms with Crippen molar-refractivity contribution in [3.8, 4) is 0 Å². The molecule has 0 saturated carbocycles. The van der Waals surface area contributed by atoms with Crippen molar-refractivity contribution >= 4 is 15.9 Å². The molecule has 0 bridgehead atoms. The summed E-state index contributed by atoms with van der Waals surface area (Å²) in [5.74, 6) is 1.65. The van der Waals surface area contributed by atoms with Crippen LogP contribution in [-0.2, 0) is 13.0 Å². The first-order chi connectivity index (χ1) is 8.74. The molecule has 1 unspecified atom stereocenters. The number of aliphatic hydroxyl groups excluding tert-OH is 1. The zero-order valence-electron chi connectivity index (χ0n) is 9.88. The van der Waals surface area contributed by atoms with Gasteiger partial charge in [0.2, 0.25) is 0 Å². The molecular weight excluding hydrogens is 294 g/mol. The number of aromatic nitrogens is 3. The van der Waals surface area contributed by atoms with E-state index in [1.54, 1.807) is 0 Å². The molecule has 2 aromatic rings. The van der Waals surface area contributed by atoms with Gasteiger partial charge in [0.15, 0.2) is 5.82 Å². The van der Waals surface area contributed by atoms with Gasteiger partial charge in [0.05, 0.1) is 0 Å². The fourth-order valence-electron chi connectivity index (χ4n) is 2.37. The third-order valence-corrected chi connectivity index (χ3v) is 3.76. The Morgan fingerprint density at radius 2 is 2.28 bits per heavy atom. The Balaban J connectivity index is 1.90. The Labute approximate surface area is 114 Å². The Kier molecular flexibility index (Phi) is 3.18. The molecule has 1 N–H and O–H groups in total. The predicted octanol–water partition coefficient (Wildman–Crippen LogP) is 2.46. The van der Waals surface area contributed by atoms with E-state index in [1.807, 2.05) is 12.1 Å². The highest BCUT2D eigenvalue weighted by Crippen LogP contribution is 2.25. The third kappa shape index (κ3) is 2.20. The topological polar surface area (TPSA) is 50.9 Å². The lowest BCUT2D eigenvalue weighted by Crippen LogP contribution is -2.17. The summed E-state index contributed by atoms with van der Waals surface area (Å²) in [5, 5.41) is 18.2. The van der Waals surface area contributed by atoms with Crippen LogP contribution in [0.2, 0.25) is 0 Å². The highest BCUT2D eigenvalue weighted by Gasteiger charge is 2.23. The normalized spacial score (nSPS) is 18.7. The van der Waals surface area contributed by atoms with E-state index in [1.165, 1.54) is 5.56 Å². The van der Waals surface area contributed by atoms with Crippen molar-refractivity contribution in [1.82, 2.24) is 14.8 Å². The number of rotatable bonds is 2. The average Bonchev–Trinajstić information content (AvgIpc) is 2.74. The second kappa shape index (κ2) is 4.82. The van der Waals surface area contributed by atoms with Crippen molar-refractivity contribution in [3.63, 3.8) is 0 Å². The first-order valence-electron chi connectivity index (χ1n) is 6.08. The third-order valence-electron chi connectivity index (χ3n) is 3.26. The van der Waals surface area contributed by atoms with Crippen LogP contribution in [-0.4, -0.2) is 19.9 Å². The zero-order valence-corrected chi connectivity index (χ0v) is 11.5. The number of halogens is 1. The van der Waals surface area contributed by atoms with Crippen LogP contribution in [0.1, 0.15) is 36.2 Å². The summed E-state index contributed by atoms with van der Waals surface area (Å²) >= 11 is 3.47. The molecule has 0 saturated heterocycles. The number of hydrogen-bond acceptors (Lipinski definition) is 3. The van der Waals surface area contributed by atoms with E-state index in [0.717, 1.165) is 36.1 Å². The van der Waals surface area contributed by atoms with Gasteiger partial charge < -0.3 is 9.67 Å². The molecule has 18 heavy (non-hydrogen) atoms. The average molecular weight is 308 g/mol. The van der Waals surface area contributed by atoms with E-state index in [9.17, 15) is 5.11 Å². The molecule has 5 heteroatoms. The maximum atomic E-state index is 9.85. The summed E-state index contributed by atoms with van der Waals surface area (Å²) < 4.78 is 3.12. The lowest BCUT2D eigenvalue weighted by Gasteiger charge is -2.19. The van der Waals surface area contributed by atoms with E-state index in [2.05, 4.69) is 42.8 Å². The molecular formula is C13H14BrN3O. The van der Waals surface area contributed by atoms with Crippen molar-refractivity contribution in [2.24, 2.45) is 0 Å². The van der Waals surface area contributed by atoms with Gasteiger partial charge in [-0.2, -0.15) is 0 Å². The Morgan fingerprint density at radius 1 is 1.39 bits per heavy atom. The fraction of sp³-hybridized carbons (Fsp3) is 0.385. The maximum absolute atomic E-state index is 9.85. The van der Waals surface area contributed by atoms with Gasteiger partial charge in [0.1, 0.15) is 11.9 Å². The number of nitrogens with zero attached hydrogens (tertiary/aromatic N) is 3. The number of hydrogen-bond donors (Lipinski definition) is 1. The predicted molar refractivity (Wildman–Crippen MR) is 71.2 cm³/mol. The fourth-order valence-corrected chi connectivity index (χ4v) is 2.82. The van der Waals surface area contributed by atoms with Crippen LogP contribution in [0.5, 0.6) is 0 Å². The van der Waals surface area contributed by atoms with Gasteiger partial charge in [-0.05, 0) is 30.5 Å². The molecule has 0 spiro atoms. The van der Waals surface area contributed by atoms with Gasteiger partial charge in [-0.15, -0.1) is 10.2 Å². The molecule has 1 aliphatic heterocycles. The summed E-state index contributed by atoms with van der Waals surface area (Å²) in [6.45, 7) is 0.905. The van der Waals surface area contributed by atoms with Crippen LogP contribution in [0.4, 0.5) is 0 Å². The molecule has 1 atom stereocenters. The summed E-state index contributed by atoms with van der Waals surface area (Å²) in [7, 11) is 0. The van der Waals surface area contributed by atoms with Crippen LogP contribution in [0, 0.1) is 0 Å². The molecule has 0 amide bonds. The minimum atomic E-state index is -0.456. The van der Waals surface area contributed by atoms with Crippen LogP contribution in [0.15, 0.2) is 28.7 Å². The highest BCUT2D eigenvalue weighted by molar-refractivity contribution is 9.10. The molecule has 3 rings (SSSR count). The smallest absolute Gasteiger partial charge is 0.161 e. The second-order valence-corrected chi connectivity index (χ2v) is 5.51. The maximum Gasteiger partial charge on any atom is 0.161 e. The largest absolute Gasteiger partial charge is 0.385 e. The molecule has 1 aliphatic rings. The van der Waals surface area contributed by atoms with Crippen molar-refractivity contribution in [2.45, 2.75) is 31.9 Å². The van der Waals surface area contributed by atoms with Gasteiger partial charge >= 0.3 is 0 Å². The number of aliphatic hydroxyl groups is 1. The lowest BCUT2D eigenvalue weighted by molar-refractivity contribution is 0.133. The van der Waals surface area contributed by atoms with Gasteiger partial charge in [0, 0.05) is 17.4 Å². The van der Waals surface area contributed by atoms with Gasteiger partial charge in [-0.1, -0.05) is 28.1 Å². The monoisotopic (exact) mass is 307 g/mol. The quantitative estimate of drug-likeness (QED) is 0.927. The van der Waals surface area contributed by atoms with Crippen molar-refractivity contribution < 1.29 is 5.11 Å². The van der Waals surface area contributed by atoms with Crippen molar-refractivity contribution in [2.75, 3.05) is 0 Å².